The molecule has 2 aliphatic rings. The van der Waals surface area contributed by atoms with E-state index in [1.54, 1.807) is 34.1 Å². The van der Waals surface area contributed by atoms with Gasteiger partial charge in [0.15, 0.2) is 5.65 Å². The van der Waals surface area contributed by atoms with Crippen LogP contribution in [0, 0.1) is 0 Å². The molecule has 4 heterocycles. The second kappa shape index (κ2) is 8.86. The number of nitrogens with one attached hydrogen (secondary N) is 1. The molecule has 2 fully saturated rings. The number of amides is 2. The average Bonchev–Trinajstić information content (AvgIpc) is 3.48. The van der Waals surface area contributed by atoms with Crippen molar-refractivity contribution in [3.63, 3.8) is 0 Å². The molecular weight excluding hydrogens is 470 g/mol. The molecule has 0 atom stereocenters. The summed E-state index contributed by atoms with van der Waals surface area (Å²) in [6.07, 6.45) is 10.6. The summed E-state index contributed by atoms with van der Waals surface area (Å²) >= 11 is 0. The van der Waals surface area contributed by atoms with E-state index in [1.165, 1.54) is 0 Å². The van der Waals surface area contributed by atoms with Gasteiger partial charge in [-0.1, -0.05) is 0 Å². The Kier molecular flexibility index (Phi) is 5.62. The van der Waals surface area contributed by atoms with Crippen LogP contribution in [0.3, 0.4) is 0 Å². The van der Waals surface area contributed by atoms with Gasteiger partial charge in [0, 0.05) is 42.8 Å². The van der Waals surface area contributed by atoms with E-state index < -0.39 is 5.60 Å². The van der Waals surface area contributed by atoms with Crippen LogP contribution in [-0.4, -0.2) is 60.0 Å². The van der Waals surface area contributed by atoms with E-state index in [2.05, 4.69) is 21.5 Å². The van der Waals surface area contributed by atoms with Crippen LogP contribution in [0.15, 0.2) is 43.0 Å². The van der Waals surface area contributed by atoms with E-state index in [1.807, 2.05) is 37.7 Å². The smallest absolute Gasteiger partial charge is 0.410 e. The maximum Gasteiger partial charge on any atom is 0.410 e. The molecule has 2 amide bonds. The highest BCUT2D eigenvalue weighted by molar-refractivity contribution is 6.09. The lowest BCUT2D eigenvalue weighted by Gasteiger charge is -2.33. The highest BCUT2D eigenvalue weighted by Gasteiger charge is 2.30. The van der Waals surface area contributed by atoms with Crippen molar-refractivity contribution >= 4 is 34.2 Å². The van der Waals surface area contributed by atoms with Gasteiger partial charge >= 0.3 is 6.09 Å². The number of rotatable bonds is 4. The van der Waals surface area contributed by atoms with Gasteiger partial charge in [0.2, 0.25) is 0 Å². The SMILES string of the molecule is CC(C)(C)OC(=O)N1CCC(n2cc3cc(NC(=O)c4cnn5cccnc45)c(C4CC4)cc3n2)CC1. The summed E-state index contributed by atoms with van der Waals surface area (Å²) in [7, 11) is 0. The maximum absolute atomic E-state index is 13.2. The molecule has 1 aliphatic carbocycles. The van der Waals surface area contributed by atoms with Crippen molar-refractivity contribution in [2.75, 3.05) is 18.4 Å². The fourth-order valence-electron chi connectivity index (χ4n) is 4.95. The molecule has 1 aliphatic heterocycles. The molecule has 0 bridgehead atoms. The molecule has 3 aromatic heterocycles. The second-order valence-corrected chi connectivity index (χ2v) is 11.0. The molecule has 192 valence electrons. The Balaban J connectivity index is 1.22. The van der Waals surface area contributed by atoms with Crippen molar-refractivity contribution in [1.29, 1.82) is 0 Å². The molecule has 0 unspecified atom stereocenters. The third-order valence-corrected chi connectivity index (χ3v) is 6.97. The number of piperidine rings is 1. The van der Waals surface area contributed by atoms with Crippen LogP contribution >= 0.6 is 0 Å². The number of ether oxygens (including phenoxy) is 1. The predicted molar refractivity (Wildman–Crippen MR) is 139 cm³/mol. The van der Waals surface area contributed by atoms with Crippen molar-refractivity contribution in [3.8, 4) is 0 Å². The standard InChI is InChI=1S/C27H31N7O3/c1-27(2,3)37-26(36)32-11-7-19(8-12-32)34-16-18-13-23(20(17-5-6-17)14-22(18)31-34)30-25(35)21-15-29-33-10-4-9-28-24(21)33/h4,9-10,13-17,19H,5-8,11-12H2,1-3H3,(H,30,35). The molecule has 37 heavy (non-hydrogen) atoms. The Labute approximate surface area is 214 Å². The number of likely N-dealkylation sites (tertiary alicyclic amines) is 1. The Morgan fingerprint density at radius 2 is 1.89 bits per heavy atom. The van der Waals surface area contributed by atoms with Gasteiger partial charge in [-0.2, -0.15) is 10.2 Å². The normalized spacial score (nSPS) is 16.9. The van der Waals surface area contributed by atoms with Gasteiger partial charge in [-0.15, -0.1) is 0 Å². The first-order chi connectivity index (χ1) is 17.7. The Morgan fingerprint density at radius 3 is 2.62 bits per heavy atom. The zero-order valence-corrected chi connectivity index (χ0v) is 21.3. The van der Waals surface area contributed by atoms with E-state index in [0.717, 1.165) is 47.8 Å². The third-order valence-electron chi connectivity index (χ3n) is 6.97. The van der Waals surface area contributed by atoms with E-state index in [-0.39, 0.29) is 18.0 Å². The second-order valence-electron chi connectivity index (χ2n) is 11.0. The van der Waals surface area contributed by atoms with Crippen LogP contribution in [0.5, 0.6) is 0 Å². The minimum Gasteiger partial charge on any atom is -0.444 e. The van der Waals surface area contributed by atoms with Crippen LogP contribution < -0.4 is 5.32 Å². The first kappa shape index (κ1) is 23.4. The summed E-state index contributed by atoms with van der Waals surface area (Å²) in [5.74, 6) is 0.209. The molecule has 0 radical (unpaired) electrons. The number of hydrogen-bond donors (Lipinski definition) is 1. The third kappa shape index (κ3) is 4.75. The fourth-order valence-corrected chi connectivity index (χ4v) is 4.95. The van der Waals surface area contributed by atoms with Crippen LogP contribution in [0.2, 0.25) is 0 Å². The fraction of sp³-hybridized carbons (Fsp3) is 0.444. The number of benzene rings is 1. The number of carbonyl (C=O) groups is 2. The predicted octanol–water partition coefficient (Wildman–Crippen LogP) is 4.78. The number of carbonyl (C=O) groups excluding carboxylic acids is 2. The van der Waals surface area contributed by atoms with Crippen molar-refractivity contribution in [2.24, 2.45) is 0 Å². The molecule has 1 saturated heterocycles. The summed E-state index contributed by atoms with van der Waals surface area (Å²) < 4.78 is 9.14. The Bertz CT molecular complexity index is 1490. The minimum atomic E-state index is -0.498. The van der Waals surface area contributed by atoms with Gasteiger partial charge in [-0.25, -0.2) is 14.3 Å². The quantitative estimate of drug-likeness (QED) is 0.431. The summed E-state index contributed by atoms with van der Waals surface area (Å²) in [5, 5.41) is 13.2. The van der Waals surface area contributed by atoms with Crippen molar-refractivity contribution in [3.05, 3.63) is 54.1 Å². The molecule has 0 spiro atoms. The van der Waals surface area contributed by atoms with Gasteiger partial charge in [-0.3, -0.25) is 9.48 Å². The van der Waals surface area contributed by atoms with Gasteiger partial charge in [-0.05, 0) is 76.1 Å². The molecule has 6 rings (SSSR count). The molecule has 1 N–H and O–H groups in total. The lowest BCUT2D eigenvalue weighted by Crippen LogP contribution is -2.42. The maximum atomic E-state index is 13.2. The van der Waals surface area contributed by atoms with Crippen molar-refractivity contribution in [2.45, 2.75) is 64.0 Å². The molecule has 10 nitrogen and oxygen atoms in total. The molecule has 1 saturated carbocycles. The van der Waals surface area contributed by atoms with E-state index in [9.17, 15) is 9.59 Å². The number of anilines is 1. The zero-order chi connectivity index (χ0) is 25.7. The van der Waals surface area contributed by atoms with Gasteiger partial charge in [0.1, 0.15) is 11.2 Å². The van der Waals surface area contributed by atoms with Gasteiger partial charge < -0.3 is 15.0 Å². The number of aromatic nitrogens is 5. The van der Waals surface area contributed by atoms with Gasteiger partial charge in [0.05, 0.1) is 17.8 Å². The highest BCUT2D eigenvalue weighted by Crippen LogP contribution is 2.45. The molecule has 4 aromatic rings. The molecular formula is C27H31N7O3. The topological polar surface area (TPSA) is 107 Å². The van der Waals surface area contributed by atoms with E-state index >= 15 is 0 Å². The highest BCUT2D eigenvalue weighted by atomic mass is 16.6. The summed E-state index contributed by atoms with van der Waals surface area (Å²) in [5.41, 5.74) is 3.33. The molecule has 10 heteroatoms. The summed E-state index contributed by atoms with van der Waals surface area (Å²) in [4.78, 5) is 31.7. The minimum absolute atomic E-state index is 0.207. The molecule has 1 aromatic carbocycles. The van der Waals surface area contributed by atoms with Crippen LogP contribution in [0.4, 0.5) is 10.5 Å². The largest absolute Gasteiger partial charge is 0.444 e. The van der Waals surface area contributed by atoms with Crippen LogP contribution in [-0.2, 0) is 4.74 Å². The number of fused-ring (bicyclic) bond motifs is 2. The zero-order valence-electron chi connectivity index (χ0n) is 21.3. The first-order valence-corrected chi connectivity index (χ1v) is 12.9. The average molecular weight is 502 g/mol. The summed E-state index contributed by atoms with van der Waals surface area (Å²) in [6, 6.07) is 6.13. The summed E-state index contributed by atoms with van der Waals surface area (Å²) in [6.45, 7) is 6.92. The van der Waals surface area contributed by atoms with E-state index in [4.69, 9.17) is 9.84 Å². The first-order valence-electron chi connectivity index (χ1n) is 12.9. The lowest BCUT2D eigenvalue weighted by atomic mass is 10.0. The number of nitrogens with zero attached hydrogens (tertiary/aromatic N) is 6. The Morgan fingerprint density at radius 1 is 1.11 bits per heavy atom. The van der Waals surface area contributed by atoms with E-state index in [0.29, 0.717) is 30.2 Å². The monoisotopic (exact) mass is 501 g/mol. The Hall–Kier alpha value is -3.95. The van der Waals surface area contributed by atoms with Crippen molar-refractivity contribution in [1.82, 2.24) is 29.3 Å². The number of hydrogen-bond acceptors (Lipinski definition) is 6. The van der Waals surface area contributed by atoms with Crippen molar-refractivity contribution < 1.29 is 14.3 Å². The lowest BCUT2D eigenvalue weighted by molar-refractivity contribution is 0.0185. The van der Waals surface area contributed by atoms with Crippen LogP contribution in [0.25, 0.3) is 16.6 Å². The van der Waals surface area contributed by atoms with Crippen LogP contribution in [0.1, 0.15) is 74.3 Å². The van der Waals surface area contributed by atoms with Gasteiger partial charge in [0.25, 0.3) is 5.91 Å².